The van der Waals surface area contributed by atoms with Crippen molar-refractivity contribution in [1.82, 2.24) is 5.32 Å². The van der Waals surface area contributed by atoms with Crippen LogP contribution in [0.5, 0.6) is 0 Å². The average Bonchev–Trinajstić information content (AvgIpc) is 1.82. The number of nitrogens with one attached hydrogen (secondary N) is 1. The summed E-state index contributed by atoms with van der Waals surface area (Å²) in [5.74, 6) is 0.731. The minimum absolute atomic E-state index is 0.400. The third-order valence-electron chi connectivity index (χ3n) is 2.58. The van der Waals surface area contributed by atoms with E-state index >= 15 is 0 Å². The molecule has 0 heterocycles. The summed E-state index contributed by atoms with van der Waals surface area (Å²) in [5.41, 5.74) is 0.822. The molecule has 13 heavy (non-hydrogen) atoms. The lowest BCUT2D eigenvalue weighted by atomic mass is 9.82. The summed E-state index contributed by atoms with van der Waals surface area (Å²) in [4.78, 5) is 0. The highest BCUT2D eigenvalue weighted by molar-refractivity contribution is 4.73. The molecule has 1 atom stereocenters. The smallest absolute Gasteiger partial charge is 0.000000747 e. The van der Waals surface area contributed by atoms with Gasteiger partial charge in [0.05, 0.1) is 0 Å². The molecule has 0 aliphatic rings. The van der Waals surface area contributed by atoms with E-state index in [1.54, 1.807) is 0 Å². The van der Waals surface area contributed by atoms with Gasteiger partial charge in [-0.1, -0.05) is 48.5 Å². The third kappa shape index (κ3) is 7.06. The summed E-state index contributed by atoms with van der Waals surface area (Å²) < 4.78 is 0. The van der Waals surface area contributed by atoms with Crippen LogP contribution in [0.4, 0.5) is 0 Å². The van der Waals surface area contributed by atoms with Gasteiger partial charge in [0, 0.05) is 0 Å². The van der Waals surface area contributed by atoms with E-state index in [0.717, 1.165) is 19.0 Å². The molecule has 0 aliphatic heterocycles. The van der Waals surface area contributed by atoms with Crippen LogP contribution in [0.1, 0.15) is 48.5 Å². The summed E-state index contributed by atoms with van der Waals surface area (Å²) in [6, 6.07) is 0. The maximum Gasteiger partial charge on any atom is -0.000000747 e. The van der Waals surface area contributed by atoms with E-state index in [1.165, 1.54) is 0 Å². The van der Waals surface area contributed by atoms with Crippen molar-refractivity contribution in [1.29, 1.82) is 0 Å². The zero-order valence-corrected chi connectivity index (χ0v) is 10.5. The molecule has 0 bridgehead atoms. The van der Waals surface area contributed by atoms with Crippen molar-refractivity contribution in [2.45, 2.75) is 48.5 Å². The molecule has 0 spiro atoms. The Balaban J connectivity index is 3.67. The predicted molar refractivity (Wildman–Crippen MR) is 60.9 cm³/mol. The Bertz CT molecular complexity index is 136. The summed E-state index contributed by atoms with van der Waals surface area (Å²) in [7, 11) is 0. The maximum atomic E-state index is 3.53. The van der Waals surface area contributed by atoms with Crippen LogP contribution in [0.25, 0.3) is 0 Å². The highest BCUT2D eigenvalue weighted by Gasteiger charge is 2.20. The molecule has 0 aromatic heterocycles. The van der Waals surface area contributed by atoms with Gasteiger partial charge in [0.2, 0.25) is 0 Å². The van der Waals surface area contributed by atoms with E-state index in [4.69, 9.17) is 0 Å². The number of rotatable bonds is 3. The normalized spacial score (nSPS) is 15.9. The van der Waals surface area contributed by atoms with Gasteiger partial charge in [-0.2, -0.15) is 0 Å². The van der Waals surface area contributed by atoms with Crippen molar-refractivity contribution < 1.29 is 0 Å². The molecule has 0 amide bonds. The highest BCUT2D eigenvalue weighted by atomic mass is 14.9. The average molecular weight is 185 g/mol. The first-order chi connectivity index (χ1) is 5.63. The molecule has 0 aliphatic carbocycles. The SMILES string of the molecule is C[C@H](CNCC(C)(C)C)C(C)(C)C. The lowest BCUT2D eigenvalue weighted by molar-refractivity contribution is 0.242. The van der Waals surface area contributed by atoms with Gasteiger partial charge < -0.3 is 5.32 Å². The largest absolute Gasteiger partial charge is 0.316 e. The minimum Gasteiger partial charge on any atom is -0.316 e. The second kappa shape index (κ2) is 4.45. The standard InChI is InChI=1S/C12H27N/c1-10(12(5,6)7)8-13-9-11(2,3)4/h10,13H,8-9H2,1-7H3/t10-/m1/s1. The predicted octanol–water partition coefficient (Wildman–Crippen LogP) is 3.30. The second-order valence-corrected chi connectivity index (χ2v) is 6.46. The van der Waals surface area contributed by atoms with Gasteiger partial charge in [-0.3, -0.25) is 0 Å². The Morgan fingerprint density at radius 3 is 1.77 bits per heavy atom. The van der Waals surface area contributed by atoms with Crippen molar-refractivity contribution in [3.05, 3.63) is 0 Å². The van der Waals surface area contributed by atoms with Gasteiger partial charge in [-0.25, -0.2) is 0 Å². The number of hydrogen-bond donors (Lipinski definition) is 1. The molecule has 0 saturated heterocycles. The van der Waals surface area contributed by atoms with Gasteiger partial charge in [-0.05, 0) is 29.8 Å². The van der Waals surface area contributed by atoms with Crippen molar-refractivity contribution >= 4 is 0 Å². The maximum absolute atomic E-state index is 3.53. The lowest BCUT2D eigenvalue weighted by Crippen LogP contribution is -2.34. The zero-order valence-electron chi connectivity index (χ0n) is 10.5. The van der Waals surface area contributed by atoms with Crippen LogP contribution < -0.4 is 5.32 Å². The molecule has 0 unspecified atom stereocenters. The third-order valence-corrected chi connectivity index (χ3v) is 2.58. The van der Waals surface area contributed by atoms with Crippen molar-refractivity contribution in [2.24, 2.45) is 16.7 Å². The van der Waals surface area contributed by atoms with Crippen molar-refractivity contribution in [3.8, 4) is 0 Å². The van der Waals surface area contributed by atoms with Crippen LogP contribution >= 0.6 is 0 Å². The van der Waals surface area contributed by atoms with Gasteiger partial charge in [0.15, 0.2) is 0 Å². The first-order valence-corrected chi connectivity index (χ1v) is 5.33. The van der Waals surface area contributed by atoms with Crippen LogP contribution in [-0.2, 0) is 0 Å². The Kier molecular flexibility index (Phi) is 4.44. The fourth-order valence-electron chi connectivity index (χ4n) is 0.970. The van der Waals surface area contributed by atoms with E-state index in [0.29, 0.717) is 10.8 Å². The lowest BCUT2D eigenvalue weighted by Gasteiger charge is -2.29. The molecule has 0 aromatic carbocycles. The summed E-state index contributed by atoms with van der Waals surface area (Å²) in [6.07, 6.45) is 0. The van der Waals surface area contributed by atoms with Crippen molar-refractivity contribution in [3.63, 3.8) is 0 Å². The Morgan fingerprint density at radius 2 is 1.46 bits per heavy atom. The first kappa shape index (κ1) is 13.0. The van der Waals surface area contributed by atoms with Crippen LogP contribution in [0.3, 0.4) is 0 Å². The Hall–Kier alpha value is -0.0400. The molecule has 1 nitrogen and oxygen atoms in total. The summed E-state index contributed by atoms with van der Waals surface area (Å²) in [5, 5.41) is 3.53. The molecule has 0 saturated carbocycles. The van der Waals surface area contributed by atoms with Crippen LogP contribution in [0.2, 0.25) is 0 Å². The fourth-order valence-corrected chi connectivity index (χ4v) is 0.970. The highest BCUT2D eigenvalue weighted by Crippen LogP contribution is 2.24. The summed E-state index contributed by atoms with van der Waals surface area (Å²) >= 11 is 0. The first-order valence-electron chi connectivity index (χ1n) is 5.33. The molecule has 0 aromatic rings. The Labute approximate surface area is 84.3 Å². The van der Waals surface area contributed by atoms with E-state index in [9.17, 15) is 0 Å². The molecule has 1 N–H and O–H groups in total. The minimum atomic E-state index is 0.400. The summed E-state index contributed by atoms with van der Waals surface area (Å²) in [6.45, 7) is 18.2. The molecule has 0 rings (SSSR count). The van der Waals surface area contributed by atoms with E-state index in [2.05, 4.69) is 53.8 Å². The monoisotopic (exact) mass is 185 g/mol. The molecule has 1 heteroatoms. The molecule has 80 valence electrons. The Morgan fingerprint density at radius 1 is 1.00 bits per heavy atom. The molecule has 0 radical (unpaired) electrons. The van der Waals surface area contributed by atoms with Crippen molar-refractivity contribution in [2.75, 3.05) is 13.1 Å². The number of hydrogen-bond acceptors (Lipinski definition) is 1. The van der Waals surface area contributed by atoms with E-state index in [-0.39, 0.29) is 0 Å². The van der Waals surface area contributed by atoms with E-state index < -0.39 is 0 Å². The van der Waals surface area contributed by atoms with Gasteiger partial charge in [0.25, 0.3) is 0 Å². The van der Waals surface area contributed by atoms with Gasteiger partial charge in [-0.15, -0.1) is 0 Å². The van der Waals surface area contributed by atoms with Crippen LogP contribution in [0, 0.1) is 16.7 Å². The van der Waals surface area contributed by atoms with Crippen LogP contribution in [-0.4, -0.2) is 13.1 Å². The van der Waals surface area contributed by atoms with Gasteiger partial charge in [0.1, 0.15) is 0 Å². The molecular weight excluding hydrogens is 158 g/mol. The van der Waals surface area contributed by atoms with Crippen LogP contribution in [0.15, 0.2) is 0 Å². The van der Waals surface area contributed by atoms with E-state index in [1.807, 2.05) is 0 Å². The zero-order chi connectivity index (χ0) is 10.7. The molecular formula is C12H27N. The second-order valence-electron chi connectivity index (χ2n) is 6.46. The quantitative estimate of drug-likeness (QED) is 0.711. The van der Waals surface area contributed by atoms with Gasteiger partial charge >= 0.3 is 0 Å². The fraction of sp³-hybridized carbons (Fsp3) is 1.00. The topological polar surface area (TPSA) is 12.0 Å². The molecule has 0 fully saturated rings.